The van der Waals surface area contributed by atoms with E-state index in [0.717, 1.165) is 5.56 Å². The van der Waals surface area contributed by atoms with Gasteiger partial charge in [0.15, 0.2) is 0 Å². The van der Waals surface area contributed by atoms with Crippen LogP contribution in [-0.4, -0.2) is 17.0 Å². The molecule has 2 aromatic carbocycles. The molecule has 2 aromatic rings. The third-order valence-electron chi connectivity index (χ3n) is 5.21. The van der Waals surface area contributed by atoms with Gasteiger partial charge in [0.1, 0.15) is 0 Å². The molecule has 1 unspecified atom stereocenters. The van der Waals surface area contributed by atoms with Crippen molar-refractivity contribution in [3.05, 3.63) is 53.6 Å². The number of amides is 1. The van der Waals surface area contributed by atoms with Crippen molar-refractivity contribution in [2.75, 3.05) is 5.32 Å². The van der Waals surface area contributed by atoms with Crippen molar-refractivity contribution in [1.82, 2.24) is 0 Å². The smallest absolute Gasteiger partial charge is 0.311 e. The van der Waals surface area contributed by atoms with E-state index >= 15 is 0 Å². The molecule has 0 saturated heterocycles. The van der Waals surface area contributed by atoms with Gasteiger partial charge in [-0.3, -0.25) is 9.59 Å². The zero-order valence-corrected chi connectivity index (χ0v) is 13.3. The molecule has 1 aliphatic carbocycles. The van der Waals surface area contributed by atoms with E-state index in [9.17, 15) is 14.7 Å². The van der Waals surface area contributed by atoms with Crippen molar-refractivity contribution in [2.45, 2.75) is 37.5 Å². The first kappa shape index (κ1) is 14.9. The summed E-state index contributed by atoms with van der Waals surface area (Å²) in [6.45, 7) is 0. The highest BCUT2D eigenvalue weighted by atomic mass is 16.4. The molecule has 0 spiro atoms. The molecule has 4 nitrogen and oxygen atoms in total. The minimum Gasteiger partial charge on any atom is -0.481 e. The van der Waals surface area contributed by atoms with Crippen molar-refractivity contribution >= 4 is 17.6 Å². The number of carboxylic acids is 1. The molecule has 1 atom stereocenters. The number of hydrogen-bond donors (Lipinski definition) is 2. The predicted octanol–water partition coefficient (Wildman–Crippen LogP) is 4.13. The molecule has 4 rings (SSSR count). The molecule has 0 bridgehead atoms. The van der Waals surface area contributed by atoms with Gasteiger partial charge in [-0.2, -0.15) is 0 Å². The van der Waals surface area contributed by atoms with E-state index in [1.807, 2.05) is 24.3 Å². The highest BCUT2D eigenvalue weighted by Crippen LogP contribution is 2.42. The number of carbonyl (C=O) groups excluding carboxylic acids is 1. The summed E-state index contributed by atoms with van der Waals surface area (Å²) in [6, 6.07) is 14.1. The van der Waals surface area contributed by atoms with Gasteiger partial charge in [0.05, 0.1) is 5.92 Å². The first-order valence-corrected chi connectivity index (χ1v) is 8.39. The molecule has 1 heterocycles. The van der Waals surface area contributed by atoms with Crippen molar-refractivity contribution in [2.24, 2.45) is 0 Å². The SMILES string of the molecule is O=C1CC(C(=O)O)c2cc(-c3ccccc3C3CCC3)ccc2N1. The molecule has 2 aliphatic rings. The molecule has 1 aliphatic heterocycles. The summed E-state index contributed by atoms with van der Waals surface area (Å²) in [7, 11) is 0. The molecular formula is C20H19NO3. The molecule has 122 valence electrons. The van der Waals surface area contributed by atoms with E-state index in [4.69, 9.17) is 0 Å². The summed E-state index contributed by atoms with van der Waals surface area (Å²) >= 11 is 0. The van der Waals surface area contributed by atoms with Crippen LogP contribution in [0.2, 0.25) is 0 Å². The van der Waals surface area contributed by atoms with Crippen molar-refractivity contribution in [1.29, 1.82) is 0 Å². The maximum Gasteiger partial charge on any atom is 0.311 e. The topological polar surface area (TPSA) is 66.4 Å². The third-order valence-corrected chi connectivity index (χ3v) is 5.21. The number of nitrogens with one attached hydrogen (secondary N) is 1. The summed E-state index contributed by atoms with van der Waals surface area (Å²) < 4.78 is 0. The second-order valence-electron chi connectivity index (χ2n) is 6.66. The van der Waals surface area contributed by atoms with Gasteiger partial charge in [-0.1, -0.05) is 36.8 Å². The molecule has 4 heteroatoms. The number of aliphatic carboxylic acids is 1. The second kappa shape index (κ2) is 5.78. The average Bonchev–Trinajstić information content (AvgIpc) is 2.52. The van der Waals surface area contributed by atoms with E-state index in [-0.39, 0.29) is 12.3 Å². The first-order valence-electron chi connectivity index (χ1n) is 8.39. The highest BCUT2D eigenvalue weighted by Gasteiger charge is 2.31. The lowest BCUT2D eigenvalue weighted by Gasteiger charge is -2.29. The van der Waals surface area contributed by atoms with Crippen LogP contribution < -0.4 is 5.32 Å². The number of carboxylic acid groups (broad SMARTS) is 1. The molecule has 1 fully saturated rings. The Labute approximate surface area is 140 Å². The lowest BCUT2D eigenvalue weighted by molar-refractivity contribution is -0.140. The van der Waals surface area contributed by atoms with Crippen molar-refractivity contribution < 1.29 is 14.7 Å². The summed E-state index contributed by atoms with van der Waals surface area (Å²) in [6.07, 6.45) is 3.71. The van der Waals surface area contributed by atoms with Gasteiger partial charge in [0.25, 0.3) is 0 Å². The lowest BCUT2D eigenvalue weighted by Crippen LogP contribution is -2.27. The Morgan fingerprint density at radius 1 is 1.08 bits per heavy atom. The molecular weight excluding hydrogens is 302 g/mol. The fraction of sp³-hybridized carbons (Fsp3) is 0.300. The molecule has 1 amide bonds. The molecule has 2 N–H and O–H groups in total. The van der Waals surface area contributed by atoms with E-state index in [2.05, 4.69) is 23.5 Å². The molecule has 1 saturated carbocycles. The van der Waals surface area contributed by atoms with Gasteiger partial charge >= 0.3 is 5.97 Å². The predicted molar refractivity (Wildman–Crippen MR) is 92.1 cm³/mol. The van der Waals surface area contributed by atoms with Crippen molar-refractivity contribution in [3.63, 3.8) is 0 Å². The minimum absolute atomic E-state index is 0.00391. The van der Waals surface area contributed by atoms with Crippen LogP contribution >= 0.6 is 0 Å². The fourth-order valence-corrected chi connectivity index (χ4v) is 3.68. The van der Waals surface area contributed by atoms with Gasteiger partial charge in [-0.25, -0.2) is 0 Å². The van der Waals surface area contributed by atoms with Crippen LogP contribution in [0.1, 0.15) is 48.6 Å². The number of anilines is 1. The number of carbonyl (C=O) groups is 2. The lowest BCUT2D eigenvalue weighted by atomic mass is 9.77. The zero-order chi connectivity index (χ0) is 16.7. The molecule has 0 aromatic heterocycles. The monoisotopic (exact) mass is 321 g/mol. The maximum atomic E-state index is 11.7. The van der Waals surface area contributed by atoms with Gasteiger partial charge in [0.2, 0.25) is 5.91 Å². The van der Waals surface area contributed by atoms with Gasteiger partial charge in [-0.15, -0.1) is 0 Å². The number of fused-ring (bicyclic) bond motifs is 1. The quantitative estimate of drug-likeness (QED) is 0.893. The van der Waals surface area contributed by atoms with Crippen LogP contribution in [0.25, 0.3) is 11.1 Å². The van der Waals surface area contributed by atoms with Gasteiger partial charge in [-0.05, 0) is 53.1 Å². The third kappa shape index (κ3) is 2.48. The van der Waals surface area contributed by atoms with Crippen LogP contribution in [0.5, 0.6) is 0 Å². The van der Waals surface area contributed by atoms with Gasteiger partial charge in [0, 0.05) is 12.1 Å². The van der Waals surface area contributed by atoms with E-state index in [1.54, 1.807) is 0 Å². The van der Waals surface area contributed by atoms with Gasteiger partial charge < -0.3 is 10.4 Å². The standard InChI is InChI=1S/C20H19NO3/c22-19-11-17(20(23)24)16-10-13(8-9-18(16)21-19)15-7-2-1-6-14(15)12-4-3-5-12/h1-2,6-10,12,17H,3-5,11H2,(H,21,22)(H,23,24). The van der Waals surface area contributed by atoms with Crippen LogP contribution in [0, 0.1) is 0 Å². The van der Waals surface area contributed by atoms with Crippen LogP contribution in [-0.2, 0) is 9.59 Å². The number of rotatable bonds is 3. The van der Waals surface area contributed by atoms with E-state index < -0.39 is 11.9 Å². The first-order chi connectivity index (χ1) is 11.6. The molecule has 24 heavy (non-hydrogen) atoms. The number of hydrogen-bond acceptors (Lipinski definition) is 2. The second-order valence-corrected chi connectivity index (χ2v) is 6.66. The zero-order valence-electron chi connectivity index (χ0n) is 13.3. The summed E-state index contributed by atoms with van der Waals surface area (Å²) in [5.41, 5.74) is 4.85. The Bertz CT molecular complexity index is 823. The highest BCUT2D eigenvalue weighted by molar-refractivity contribution is 6.00. The number of benzene rings is 2. The maximum absolute atomic E-state index is 11.7. The summed E-state index contributed by atoms with van der Waals surface area (Å²) in [4.78, 5) is 23.3. The summed E-state index contributed by atoms with van der Waals surface area (Å²) in [5, 5.41) is 12.3. The Kier molecular flexibility index (Phi) is 3.60. The van der Waals surface area contributed by atoms with E-state index in [1.165, 1.54) is 30.4 Å². The van der Waals surface area contributed by atoms with Crippen LogP contribution in [0.3, 0.4) is 0 Å². The largest absolute Gasteiger partial charge is 0.481 e. The van der Waals surface area contributed by atoms with Crippen molar-refractivity contribution in [3.8, 4) is 11.1 Å². The van der Waals surface area contributed by atoms with Crippen LogP contribution in [0.4, 0.5) is 5.69 Å². The Hall–Kier alpha value is -2.62. The Morgan fingerprint density at radius 3 is 2.58 bits per heavy atom. The summed E-state index contributed by atoms with van der Waals surface area (Å²) in [5.74, 6) is -1.36. The normalized spacial score (nSPS) is 20.0. The van der Waals surface area contributed by atoms with Crippen LogP contribution in [0.15, 0.2) is 42.5 Å². The Balaban J connectivity index is 1.80. The fourth-order valence-electron chi connectivity index (χ4n) is 3.68. The Morgan fingerprint density at radius 2 is 1.88 bits per heavy atom. The van der Waals surface area contributed by atoms with E-state index in [0.29, 0.717) is 17.2 Å². The average molecular weight is 321 g/mol. The minimum atomic E-state index is -0.949. The molecule has 0 radical (unpaired) electrons.